The van der Waals surface area contributed by atoms with Gasteiger partial charge in [0.2, 0.25) is 5.95 Å². The second-order valence-corrected chi connectivity index (χ2v) is 11.7. The molecule has 7 aromatic rings. The zero-order valence-corrected chi connectivity index (χ0v) is 28.2. The number of hydrogen-bond donors (Lipinski definition) is 1. The van der Waals surface area contributed by atoms with Crippen LogP contribution in [-0.4, -0.2) is 29.9 Å². The van der Waals surface area contributed by atoms with Gasteiger partial charge >= 0.3 is 12.4 Å². The SMILES string of the molecule is CC(Nc1cc(-c2nccnc2-c2cccc(C(F)(F)F)c2)ccn1)c1ccccc1.Fc1cc(-c2nccnc2-c2cccc(C(F)(F)F)c2)ccn1. The van der Waals surface area contributed by atoms with Gasteiger partial charge in [-0.3, -0.25) is 19.9 Å². The fourth-order valence-electron chi connectivity index (χ4n) is 5.46. The average Bonchev–Trinajstić information content (AvgIpc) is 3.18. The van der Waals surface area contributed by atoms with Crippen LogP contribution in [0.1, 0.15) is 29.7 Å². The molecule has 1 atom stereocenters. The summed E-state index contributed by atoms with van der Waals surface area (Å²) in [5.74, 6) is -0.0716. The molecule has 0 saturated carbocycles. The lowest BCUT2D eigenvalue weighted by Crippen LogP contribution is -2.08. The zero-order chi connectivity index (χ0) is 38.3. The molecule has 4 heterocycles. The monoisotopic (exact) mass is 739 g/mol. The molecule has 54 heavy (non-hydrogen) atoms. The summed E-state index contributed by atoms with van der Waals surface area (Å²) in [6, 6.07) is 26.1. The fraction of sp³-hybridized carbons (Fsp3) is 0.100. The number of anilines is 1. The van der Waals surface area contributed by atoms with Crippen LogP contribution < -0.4 is 5.32 Å². The van der Waals surface area contributed by atoms with Crippen molar-refractivity contribution in [3.63, 3.8) is 0 Å². The molecule has 4 aromatic heterocycles. The third-order valence-corrected chi connectivity index (χ3v) is 8.02. The predicted molar refractivity (Wildman–Crippen MR) is 190 cm³/mol. The molecule has 0 fully saturated rings. The number of alkyl halides is 6. The van der Waals surface area contributed by atoms with Gasteiger partial charge < -0.3 is 5.32 Å². The van der Waals surface area contributed by atoms with Crippen molar-refractivity contribution in [2.75, 3.05) is 5.32 Å². The molecule has 0 bridgehead atoms. The van der Waals surface area contributed by atoms with E-state index in [-0.39, 0.29) is 23.0 Å². The van der Waals surface area contributed by atoms with Crippen LogP contribution in [0.3, 0.4) is 0 Å². The van der Waals surface area contributed by atoms with Crippen molar-refractivity contribution in [3.05, 3.63) is 163 Å². The van der Waals surface area contributed by atoms with Crippen molar-refractivity contribution >= 4 is 5.82 Å². The van der Waals surface area contributed by atoms with Gasteiger partial charge in [-0.2, -0.15) is 30.7 Å². The molecular weight excluding hydrogens is 711 g/mol. The van der Waals surface area contributed by atoms with Gasteiger partial charge in [0.25, 0.3) is 0 Å². The van der Waals surface area contributed by atoms with Crippen LogP contribution in [0.2, 0.25) is 0 Å². The first-order valence-corrected chi connectivity index (χ1v) is 16.2. The molecule has 0 amide bonds. The summed E-state index contributed by atoms with van der Waals surface area (Å²) >= 11 is 0. The molecule has 0 aliphatic heterocycles. The highest BCUT2D eigenvalue weighted by Crippen LogP contribution is 2.36. The van der Waals surface area contributed by atoms with E-state index >= 15 is 0 Å². The number of rotatable bonds is 7. The minimum atomic E-state index is -4.46. The molecule has 0 aliphatic carbocycles. The smallest absolute Gasteiger partial charge is 0.364 e. The van der Waals surface area contributed by atoms with E-state index < -0.39 is 29.4 Å². The lowest BCUT2D eigenvalue weighted by molar-refractivity contribution is -0.138. The highest BCUT2D eigenvalue weighted by atomic mass is 19.4. The number of halogens is 7. The molecule has 3 aromatic carbocycles. The zero-order valence-electron chi connectivity index (χ0n) is 28.2. The Labute approximate surface area is 304 Å². The summed E-state index contributed by atoms with van der Waals surface area (Å²) in [7, 11) is 0. The number of pyridine rings is 2. The third-order valence-electron chi connectivity index (χ3n) is 8.02. The second kappa shape index (κ2) is 16.0. The normalized spacial score (nSPS) is 12.0. The molecule has 272 valence electrons. The number of aromatic nitrogens is 6. The fourth-order valence-corrected chi connectivity index (χ4v) is 5.46. The quantitative estimate of drug-likeness (QED) is 0.129. The Morgan fingerprint density at radius 1 is 0.463 bits per heavy atom. The molecule has 1 unspecified atom stereocenters. The summed E-state index contributed by atoms with van der Waals surface area (Å²) in [6.45, 7) is 2.03. The standard InChI is InChI=1S/C24H19F3N4.C16H9F4N3/c1-16(17-6-3-2-4-7-17)31-21-15-19(10-11-28-21)23-22(29-12-13-30-23)18-8-5-9-20(14-18)24(25,26)27;17-13-9-11(4-5-21-13)15-14(22-6-7-23-15)10-2-1-3-12(8-10)16(18,19)20/h2-16H,1H3,(H,28,31);1-9H. The van der Waals surface area contributed by atoms with E-state index in [9.17, 15) is 30.7 Å². The molecule has 14 heteroatoms. The van der Waals surface area contributed by atoms with Gasteiger partial charge in [-0.25, -0.2) is 9.97 Å². The van der Waals surface area contributed by atoms with Gasteiger partial charge in [-0.15, -0.1) is 0 Å². The Bertz CT molecular complexity index is 2350. The molecule has 0 aliphatic rings. The van der Waals surface area contributed by atoms with Crippen LogP contribution in [-0.2, 0) is 12.4 Å². The number of benzene rings is 3. The maximum atomic E-state index is 13.3. The van der Waals surface area contributed by atoms with Gasteiger partial charge in [0.05, 0.1) is 33.9 Å². The van der Waals surface area contributed by atoms with Gasteiger partial charge in [0.1, 0.15) is 5.82 Å². The van der Waals surface area contributed by atoms with E-state index in [0.717, 1.165) is 35.9 Å². The maximum Gasteiger partial charge on any atom is 0.416 e. The van der Waals surface area contributed by atoms with E-state index in [2.05, 4.69) is 35.2 Å². The second-order valence-electron chi connectivity index (χ2n) is 11.7. The van der Waals surface area contributed by atoms with E-state index in [1.165, 1.54) is 55.2 Å². The Morgan fingerprint density at radius 3 is 1.37 bits per heavy atom. The Balaban J connectivity index is 0.000000193. The van der Waals surface area contributed by atoms with E-state index in [1.54, 1.807) is 18.3 Å². The first kappa shape index (κ1) is 37.2. The minimum absolute atomic E-state index is 0.0220. The van der Waals surface area contributed by atoms with Crippen molar-refractivity contribution in [2.24, 2.45) is 0 Å². The number of nitrogens with zero attached hydrogens (tertiary/aromatic N) is 6. The van der Waals surface area contributed by atoms with Crippen LogP contribution in [0.5, 0.6) is 0 Å². The molecule has 0 radical (unpaired) electrons. The van der Waals surface area contributed by atoms with Gasteiger partial charge in [-0.1, -0.05) is 54.6 Å². The number of hydrogen-bond acceptors (Lipinski definition) is 7. The number of nitrogens with one attached hydrogen (secondary N) is 1. The summed E-state index contributed by atoms with van der Waals surface area (Å²) in [6.07, 6.45) is -0.235. The van der Waals surface area contributed by atoms with E-state index in [4.69, 9.17) is 0 Å². The van der Waals surface area contributed by atoms with Crippen molar-refractivity contribution in [1.82, 2.24) is 29.9 Å². The van der Waals surface area contributed by atoms with E-state index in [1.807, 2.05) is 43.3 Å². The van der Waals surface area contributed by atoms with Crippen molar-refractivity contribution in [3.8, 4) is 45.0 Å². The topological polar surface area (TPSA) is 89.4 Å². The van der Waals surface area contributed by atoms with Crippen LogP contribution in [0.25, 0.3) is 45.0 Å². The van der Waals surface area contributed by atoms with Crippen LogP contribution in [0.4, 0.5) is 36.6 Å². The molecule has 0 saturated heterocycles. The first-order chi connectivity index (χ1) is 25.9. The highest BCUT2D eigenvalue weighted by molar-refractivity contribution is 5.79. The molecular formula is C40H28F7N7. The predicted octanol–water partition coefficient (Wildman–Crippen LogP) is 10.8. The van der Waals surface area contributed by atoms with Crippen LogP contribution in [0.15, 0.2) is 140 Å². The first-order valence-electron chi connectivity index (χ1n) is 16.2. The van der Waals surface area contributed by atoms with E-state index in [0.29, 0.717) is 33.9 Å². The largest absolute Gasteiger partial charge is 0.416 e. The van der Waals surface area contributed by atoms with Crippen molar-refractivity contribution in [2.45, 2.75) is 25.3 Å². The summed E-state index contributed by atoms with van der Waals surface area (Å²) in [4.78, 5) is 24.8. The van der Waals surface area contributed by atoms with Gasteiger partial charge in [0.15, 0.2) is 0 Å². The molecule has 0 spiro atoms. The van der Waals surface area contributed by atoms with Gasteiger partial charge in [-0.05, 0) is 55.0 Å². The lowest BCUT2D eigenvalue weighted by Gasteiger charge is -2.16. The average molecular weight is 740 g/mol. The Morgan fingerprint density at radius 2 is 0.907 bits per heavy atom. The third kappa shape index (κ3) is 9.07. The van der Waals surface area contributed by atoms with Crippen LogP contribution >= 0.6 is 0 Å². The maximum absolute atomic E-state index is 13.3. The highest BCUT2D eigenvalue weighted by Gasteiger charge is 2.31. The Hall–Kier alpha value is -6.57. The summed E-state index contributed by atoms with van der Waals surface area (Å²) in [5, 5.41) is 3.35. The minimum Gasteiger partial charge on any atom is -0.364 e. The lowest BCUT2D eigenvalue weighted by atomic mass is 10.0. The molecule has 7 nitrogen and oxygen atoms in total. The summed E-state index contributed by atoms with van der Waals surface area (Å²) in [5.41, 5.74) is 2.68. The van der Waals surface area contributed by atoms with Gasteiger partial charge in [0, 0.05) is 71.5 Å². The Kier molecular flexibility index (Phi) is 11.0. The van der Waals surface area contributed by atoms with Crippen molar-refractivity contribution in [1.29, 1.82) is 0 Å². The van der Waals surface area contributed by atoms with Crippen molar-refractivity contribution < 1.29 is 30.7 Å². The molecule has 1 N–H and O–H groups in total. The summed E-state index contributed by atoms with van der Waals surface area (Å²) < 4.78 is 91.4. The van der Waals surface area contributed by atoms with Crippen LogP contribution in [0, 0.1) is 5.95 Å². The molecule has 7 rings (SSSR count).